The summed E-state index contributed by atoms with van der Waals surface area (Å²) in [6.07, 6.45) is 3.48. The zero-order chi connectivity index (χ0) is 16.5. The first-order valence-electron chi connectivity index (χ1n) is 8.35. The number of nitrogens with one attached hydrogen (secondary N) is 1. The maximum absolute atomic E-state index is 12.4. The average Bonchev–Trinajstić information content (AvgIpc) is 3.14. The number of hydrogen-bond donors (Lipinski definition) is 1. The van der Waals surface area contributed by atoms with Crippen LogP contribution >= 0.6 is 11.3 Å². The number of likely N-dealkylation sites (tertiary alicyclic amines) is 1. The molecule has 126 valence electrons. The van der Waals surface area contributed by atoms with Gasteiger partial charge in [-0.2, -0.15) is 0 Å². The maximum Gasteiger partial charge on any atom is 0.271 e. The number of nitrogens with zero attached hydrogens (tertiary/aromatic N) is 2. The van der Waals surface area contributed by atoms with Crippen LogP contribution in [0.15, 0.2) is 35.2 Å². The Morgan fingerprint density at radius 3 is 2.96 bits per heavy atom. The molecule has 2 heterocycles. The van der Waals surface area contributed by atoms with Crippen molar-refractivity contribution in [3.05, 3.63) is 46.4 Å². The standard InChI is InChI=1S/C18H21N3O2S/c1-23-14-4-2-3-12(9-14)17-15(7-8-21(17)13-5-6-13)20-18(22)16-10-24-11-19-16/h2-4,9-11,13,15,17H,5-8H2,1H3,(H,20,22)/t15-,17+/m1/s1. The van der Waals surface area contributed by atoms with Crippen molar-refractivity contribution in [2.24, 2.45) is 0 Å². The average molecular weight is 343 g/mol. The van der Waals surface area contributed by atoms with Crippen molar-refractivity contribution in [2.45, 2.75) is 37.4 Å². The summed E-state index contributed by atoms with van der Waals surface area (Å²) in [5.41, 5.74) is 3.41. The second kappa shape index (κ2) is 6.53. The second-order valence-corrected chi connectivity index (χ2v) is 7.15. The Hall–Kier alpha value is -1.92. The molecule has 1 N–H and O–H groups in total. The van der Waals surface area contributed by atoms with E-state index in [1.165, 1.54) is 29.7 Å². The van der Waals surface area contributed by atoms with Crippen LogP contribution in [0.5, 0.6) is 5.75 Å². The van der Waals surface area contributed by atoms with E-state index in [1.807, 2.05) is 12.1 Å². The number of rotatable bonds is 5. The molecule has 5 nitrogen and oxygen atoms in total. The third kappa shape index (κ3) is 3.03. The zero-order valence-corrected chi connectivity index (χ0v) is 14.5. The fraction of sp³-hybridized carbons (Fsp3) is 0.444. The van der Waals surface area contributed by atoms with Gasteiger partial charge in [0.25, 0.3) is 5.91 Å². The lowest BCUT2D eigenvalue weighted by molar-refractivity contribution is 0.0919. The Morgan fingerprint density at radius 1 is 1.38 bits per heavy atom. The van der Waals surface area contributed by atoms with E-state index in [0.29, 0.717) is 11.7 Å². The molecule has 4 rings (SSSR count). The van der Waals surface area contributed by atoms with Crippen molar-refractivity contribution in [3.8, 4) is 5.75 Å². The smallest absolute Gasteiger partial charge is 0.271 e. The number of hydrogen-bond acceptors (Lipinski definition) is 5. The number of ether oxygens (including phenoxy) is 1. The van der Waals surface area contributed by atoms with Crippen LogP contribution in [-0.2, 0) is 0 Å². The molecular weight excluding hydrogens is 322 g/mol. The first-order chi connectivity index (χ1) is 11.8. The van der Waals surface area contributed by atoms with E-state index in [0.717, 1.165) is 18.7 Å². The van der Waals surface area contributed by atoms with Crippen molar-refractivity contribution < 1.29 is 9.53 Å². The quantitative estimate of drug-likeness (QED) is 0.907. The molecule has 2 aliphatic rings. The van der Waals surface area contributed by atoms with Crippen LogP contribution in [0.3, 0.4) is 0 Å². The van der Waals surface area contributed by atoms with Crippen molar-refractivity contribution in [2.75, 3.05) is 13.7 Å². The first-order valence-corrected chi connectivity index (χ1v) is 9.29. The largest absolute Gasteiger partial charge is 0.497 e. The number of carbonyl (C=O) groups excluding carboxylic acids is 1. The first kappa shape index (κ1) is 15.6. The molecule has 1 aliphatic carbocycles. The molecule has 1 saturated heterocycles. The summed E-state index contributed by atoms with van der Waals surface area (Å²) < 4.78 is 5.39. The van der Waals surface area contributed by atoms with E-state index in [2.05, 4.69) is 27.3 Å². The van der Waals surface area contributed by atoms with Gasteiger partial charge in [0.05, 0.1) is 24.7 Å². The lowest BCUT2D eigenvalue weighted by Crippen LogP contribution is -2.40. The van der Waals surface area contributed by atoms with E-state index in [-0.39, 0.29) is 18.0 Å². The van der Waals surface area contributed by atoms with Crippen LogP contribution in [0.2, 0.25) is 0 Å². The lowest BCUT2D eigenvalue weighted by atomic mass is 9.99. The molecule has 2 fully saturated rings. The highest BCUT2D eigenvalue weighted by molar-refractivity contribution is 7.07. The van der Waals surface area contributed by atoms with E-state index in [9.17, 15) is 4.79 Å². The number of amides is 1. The van der Waals surface area contributed by atoms with Crippen LogP contribution in [0.4, 0.5) is 0 Å². The molecule has 2 atom stereocenters. The fourth-order valence-corrected chi connectivity index (χ4v) is 4.13. The van der Waals surface area contributed by atoms with E-state index in [1.54, 1.807) is 18.0 Å². The van der Waals surface area contributed by atoms with Gasteiger partial charge in [-0.25, -0.2) is 4.98 Å². The van der Waals surface area contributed by atoms with Gasteiger partial charge in [0, 0.05) is 18.0 Å². The highest BCUT2D eigenvalue weighted by Gasteiger charge is 2.43. The van der Waals surface area contributed by atoms with Gasteiger partial charge in [0.15, 0.2) is 0 Å². The van der Waals surface area contributed by atoms with Gasteiger partial charge in [0.2, 0.25) is 0 Å². The highest BCUT2D eigenvalue weighted by Crippen LogP contribution is 2.41. The number of benzene rings is 1. The van der Waals surface area contributed by atoms with Crippen LogP contribution in [-0.4, -0.2) is 41.5 Å². The third-order valence-electron chi connectivity index (χ3n) is 4.87. The van der Waals surface area contributed by atoms with Crippen molar-refractivity contribution in [3.63, 3.8) is 0 Å². The lowest BCUT2D eigenvalue weighted by Gasteiger charge is -2.29. The van der Waals surface area contributed by atoms with Gasteiger partial charge >= 0.3 is 0 Å². The van der Waals surface area contributed by atoms with Crippen molar-refractivity contribution >= 4 is 17.2 Å². The number of thiazole rings is 1. The third-order valence-corrected chi connectivity index (χ3v) is 5.46. The topological polar surface area (TPSA) is 54.5 Å². The normalized spacial score (nSPS) is 24.0. The number of methoxy groups -OCH3 is 1. The minimum Gasteiger partial charge on any atom is -0.497 e. The Kier molecular flexibility index (Phi) is 4.24. The van der Waals surface area contributed by atoms with Crippen LogP contribution in [0, 0.1) is 0 Å². The van der Waals surface area contributed by atoms with Gasteiger partial charge < -0.3 is 10.1 Å². The fourth-order valence-electron chi connectivity index (χ4n) is 3.60. The van der Waals surface area contributed by atoms with Crippen molar-refractivity contribution in [1.29, 1.82) is 0 Å². The molecule has 1 aliphatic heterocycles. The van der Waals surface area contributed by atoms with Gasteiger partial charge in [-0.3, -0.25) is 9.69 Å². The predicted octanol–water partition coefficient (Wildman–Crippen LogP) is 2.86. The molecule has 1 aromatic carbocycles. The summed E-state index contributed by atoms with van der Waals surface area (Å²) in [5.74, 6) is 0.784. The SMILES string of the molecule is COc1cccc([C@H]2[C@H](NC(=O)c3cscn3)CCN2C2CC2)c1. The summed E-state index contributed by atoms with van der Waals surface area (Å²) in [4.78, 5) is 19.1. The predicted molar refractivity (Wildman–Crippen MR) is 93.4 cm³/mol. The van der Waals surface area contributed by atoms with Crippen LogP contribution in [0.25, 0.3) is 0 Å². The molecular formula is C18H21N3O2S. The van der Waals surface area contributed by atoms with Gasteiger partial charge in [0.1, 0.15) is 11.4 Å². The minimum atomic E-state index is -0.0770. The molecule has 6 heteroatoms. The van der Waals surface area contributed by atoms with Crippen molar-refractivity contribution in [1.82, 2.24) is 15.2 Å². The molecule has 1 amide bonds. The summed E-state index contributed by atoms with van der Waals surface area (Å²) >= 11 is 1.44. The molecule has 0 spiro atoms. The molecule has 0 radical (unpaired) electrons. The summed E-state index contributed by atoms with van der Waals surface area (Å²) in [7, 11) is 1.69. The van der Waals surface area contributed by atoms with E-state index < -0.39 is 0 Å². The van der Waals surface area contributed by atoms with Gasteiger partial charge in [-0.15, -0.1) is 11.3 Å². The monoisotopic (exact) mass is 343 g/mol. The van der Waals surface area contributed by atoms with E-state index in [4.69, 9.17) is 4.74 Å². The molecule has 0 unspecified atom stereocenters. The van der Waals surface area contributed by atoms with Crippen LogP contribution < -0.4 is 10.1 Å². The number of carbonyl (C=O) groups is 1. The van der Waals surface area contributed by atoms with Gasteiger partial charge in [-0.05, 0) is 37.0 Å². The molecule has 1 aromatic heterocycles. The minimum absolute atomic E-state index is 0.0770. The van der Waals surface area contributed by atoms with Crippen LogP contribution in [0.1, 0.15) is 41.4 Å². The highest BCUT2D eigenvalue weighted by atomic mass is 32.1. The molecule has 0 bridgehead atoms. The number of aromatic nitrogens is 1. The van der Waals surface area contributed by atoms with Gasteiger partial charge in [-0.1, -0.05) is 12.1 Å². The Bertz CT molecular complexity index is 715. The molecule has 24 heavy (non-hydrogen) atoms. The van der Waals surface area contributed by atoms with E-state index >= 15 is 0 Å². The molecule has 2 aromatic rings. The zero-order valence-electron chi connectivity index (χ0n) is 13.6. The Balaban J connectivity index is 1.59. The molecule has 1 saturated carbocycles. The Labute approximate surface area is 145 Å². The maximum atomic E-state index is 12.4. The summed E-state index contributed by atoms with van der Waals surface area (Å²) in [6.45, 7) is 1.02. The summed E-state index contributed by atoms with van der Waals surface area (Å²) in [6, 6.07) is 9.17. The summed E-state index contributed by atoms with van der Waals surface area (Å²) in [5, 5.41) is 5.00. The second-order valence-electron chi connectivity index (χ2n) is 6.43. The Morgan fingerprint density at radius 2 is 2.25 bits per heavy atom.